The molecule has 0 unspecified atom stereocenters. The molecule has 1 amide bonds. The molecule has 0 bridgehead atoms. The van der Waals surface area contributed by atoms with Crippen LogP contribution in [-0.2, 0) is 6.54 Å². The molecule has 0 aliphatic heterocycles. The highest BCUT2D eigenvalue weighted by molar-refractivity contribution is 6.31. The van der Waals surface area contributed by atoms with E-state index in [1.165, 1.54) is 0 Å². The van der Waals surface area contributed by atoms with Crippen LogP contribution in [0.15, 0.2) is 52.9 Å². The van der Waals surface area contributed by atoms with Crippen molar-refractivity contribution in [1.82, 2.24) is 5.32 Å². The van der Waals surface area contributed by atoms with Crippen LogP contribution in [0.4, 0.5) is 0 Å². The molecule has 0 saturated carbocycles. The normalized spacial score (nSPS) is 10.8. The molecule has 0 radical (unpaired) electrons. The number of hydrogen-bond donors (Lipinski definition) is 1. The lowest BCUT2D eigenvalue weighted by molar-refractivity contribution is 0.0925. The van der Waals surface area contributed by atoms with Crippen LogP contribution in [0.1, 0.15) is 16.1 Å². The minimum Gasteiger partial charge on any atom is -0.451 e. The van der Waals surface area contributed by atoms with Gasteiger partial charge in [-0.05, 0) is 42.0 Å². The third-order valence-corrected chi connectivity index (χ3v) is 3.51. The van der Waals surface area contributed by atoms with Gasteiger partial charge in [0.25, 0.3) is 5.91 Å². The zero-order valence-electron chi connectivity index (χ0n) is 10.9. The number of amides is 1. The predicted octanol–water partition coefficient (Wildman–Crippen LogP) is 4.67. The molecule has 0 fully saturated rings. The van der Waals surface area contributed by atoms with Crippen LogP contribution in [0.25, 0.3) is 11.0 Å². The highest BCUT2D eigenvalue weighted by atomic mass is 35.5. The number of rotatable bonds is 3. The Morgan fingerprint density at radius 3 is 2.67 bits per heavy atom. The molecule has 1 heterocycles. The summed E-state index contributed by atoms with van der Waals surface area (Å²) in [5.41, 5.74) is 1.56. The molecular formula is C16H11Cl2NO2. The molecule has 3 aromatic rings. The van der Waals surface area contributed by atoms with E-state index in [1.807, 2.05) is 12.1 Å². The standard InChI is InChI=1S/C16H11Cl2NO2/c17-12-3-1-2-10(6-12)9-19-16(20)15-8-11-7-13(18)4-5-14(11)21-15/h1-8H,9H2,(H,19,20). The molecular weight excluding hydrogens is 309 g/mol. The van der Waals surface area contributed by atoms with Crippen molar-refractivity contribution in [1.29, 1.82) is 0 Å². The summed E-state index contributed by atoms with van der Waals surface area (Å²) < 4.78 is 5.50. The average molecular weight is 320 g/mol. The monoisotopic (exact) mass is 319 g/mol. The molecule has 0 aliphatic carbocycles. The van der Waals surface area contributed by atoms with Crippen LogP contribution in [-0.4, -0.2) is 5.91 Å². The van der Waals surface area contributed by atoms with Gasteiger partial charge in [-0.1, -0.05) is 35.3 Å². The number of halogens is 2. The van der Waals surface area contributed by atoms with E-state index in [9.17, 15) is 4.79 Å². The second-order valence-electron chi connectivity index (χ2n) is 4.61. The van der Waals surface area contributed by atoms with Crippen molar-refractivity contribution in [2.45, 2.75) is 6.54 Å². The summed E-state index contributed by atoms with van der Waals surface area (Å²) in [5.74, 6) is -0.0170. The van der Waals surface area contributed by atoms with Crippen LogP contribution in [0, 0.1) is 0 Å². The molecule has 3 nitrogen and oxygen atoms in total. The van der Waals surface area contributed by atoms with Gasteiger partial charge in [-0.2, -0.15) is 0 Å². The zero-order chi connectivity index (χ0) is 14.8. The quantitative estimate of drug-likeness (QED) is 0.762. The minimum atomic E-state index is -0.276. The van der Waals surface area contributed by atoms with E-state index in [0.717, 1.165) is 10.9 Å². The van der Waals surface area contributed by atoms with Crippen molar-refractivity contribution in [2.75, 3.05) is 0 Å². The first kappa shape index (κ1) is 14.0. The molecule has 21 heavy (non-hydrogen) atoms. The lowest BCUT2D eigenvalue weighted by Crippen LogP contribution is -2.22. The molecule has 106 valence electrons. The number of benzene rings is 2. The highest BCUT2D eigenvalue weighted by Crippen LogP contribution is 2.23. The lowest BCUT2D eigenvalue weighted by atomic mass is 10.2. The third kappa shape index (κ3) is 3.20. The van der Waals surface area contributed by atoms with Crippen molar-refractivity contribution in [3.63, 3.8) is 0 Å². The van der Waals surface area contributed by atoms with Gasteiger partial charge in [0.05, 0.1) is 0 Å². The van der Waals surface area contributed by atoms with Crippen molar-refractivity contribution in [3.05, 3.63) is 69.9 Å². The van der Waals surface area contributed by atoms with Crippen LogP contribution >= 0.6 is 23.2 Å². The van der Waals surface area contributed by atoms with Crippen LogP contribution < -0.4 is 5.32 Å². The molecule has 0 atom stereocenters. The number of fused-ring (bicyclic) bond motifs is 1. The van der Waals surface area contributed by atoms with Gasteiger partial charge in [0.2, 0.25) is 0 Å². The summed E-state index contributed by atoms with van der Waals surface area (Å²) in [5, 5.41) is 4.84. The fraction of sp³-hybridized carbons (Fsp3) is 0.0625. The Bertz CT molecular complexity index is 811. The van der Waals surface area contributed by atoms with Gasteiger partial charge in [0.15, 0.2) is 5.76 Å². The molecule has 2 aromatic carbocycles. The molecule has 3 rings (SSSR count). The Morgan fingerprint density at radius 2 is 1.86 bits per heavy atom. The minimum absolute atomic E-state index is 0.259. The zero-order valence-corrected chi connectivity index (χ0v) is 12.4. The van der Waals surface area contributed by atoms with Gasteiger partial charge < -0.3 is 9.73 Å². The number of carbonyl (C=O) groups excluding carboxylic acids is 1. The molecule has 5 heteroatoms. The SMILES string of the molecule is O=C(NCc1cccc(Cl)c1)c1cc2cc(Cl)ccc2o1. The highest BCUT2D eigenvalue weighted by Gasteiger charge is 2.12. The smallest absolute Gasteiger partial charge is 0.287 e. The Labute approximate surface area is 131 Å². The van der Waals surface area contributed by atoms with E-state index < -0.39 is 0 Å². The van der Waals surface area contributed by atoms with E-state index in [1.54, 1.807) is 36.4 Å². The Kier molecular flexibility index (Phi) is 3.86. The predicted molar refractivity (Wildman–Crippen MR) is 83.8 cm³/mol. The Hall–Kier alpha value is -1.97. The Morgan fingerprint density at radius 1 is 1.05 bits per heavy atom. The topological polar surface area (TPSA) is 42.2 Å². The summed E-state index contributed by atoms with van der Waals surface area (Å²) >= 11 is 11.8. The Balaban J connectivity index is 1.74. The molecule has 0 spiro atoms. The molecule has 1 N–H and O–H groups in total. The van der Waals surface area contributed by atoms with E-state index in [0.29, 0.717) is 22.2 Å². The first-order chi connectivity index (χ1) is 10.1. The maximum atomic E-state index is 12.1. The summed E-state index contributed by atoms with van der Waals surface area (Å²) in [6, 6.07) is 14.2. The third-order valence-electron chi connectivity index (χ3n) is 3.04. The van der Waals surface area contributed by atoms with Gasteiger partial charge >= 0.3 is 0 Å². The first-order valence-corrected chi connectivity index (χ1v) is 7.09. The molecule has 1 aromatic heterocycles. The number of hydrogen-bond acceptors (Lipinski definition) is 2. The lowest BCUT2D eigenvalue weighted by Gasteiger charge is -2.03. The number of furan rings is 1. The number of carbonyl (C=O) groups is 1. The fourth-order valence-corrected chi connectivity index (χ4v) is 2.44. The van der Waals surface area contributed by atoms with Crippen molar-refractivity contribution in [2.24, 2.45) is 0 Å². The summed E-state index contributed by atoms with van der Waals surface area (Å²) in [4.78, 5) is 12.1. The van der Waals surface area contributed by atoms with Crippen molar-refractivity contribution >= 4 is 40.1 Å². The van der Waals surface area contributed by atoms with E-state index in [4.69, 9.17) is 27.6 Å². The largest absolute Gasteiger partial charge is 0.451 e. The van der Waals surface area contributed by atoms with E-state index in [2.05, 4.69) is 5.32 Å². The fourth-order valence-electron chi connectivity index (χ4n) is 2.04. The van der Waals surface area contributed by atoms with Crippen LogP contribution in [0.5, 0.6) is 0 Å². The summed E-state index contributed by atoms with van der Waals surface area (Å²) in [7, 11) is 0. The summed E-state index contributed by atoms with van der Waals surface area (Å²) in [6.07, 6.45) is 0. The van der Waals surface area contributed by atoms with E-state index >= 15 is 0 Å². The van der Waals surface area contributed by atoms with Gasteiger partial charge in [-0.3, -0.25) is 4.79 Å². The first-order valence-electron chi connectivity index (χ1n) is 6.33. The van der Waals surface area contributed by atoms with Crippen LogP contribution in [0.3, 0.4) is 0 Å². The van der Waals surface area contributed by atoms with Gasteiger partial charge in [-0.25, -0.2) is 0 Å². The molecule has 0 saturated heterocycles. The van der Waals surface area contributed by atoms with Crippen molar-refractivity contribution < 1.29 is 9.21 Å². The molecule has 0 aliphatic rings. The van der Waals surface area contributed by atoms with Gasteiger partial charge in [-0.15, -0.1) is 0 Å². The second-order valence-corrected chi connectivity index (χ2v) is 5.48. The van der Waals surface area contributed by atoms with E-state index in [-0.39, 0.29) is 11.7 Å². The van der Waals surface area contributed by atoms with Gasteiger partial charge in [0, 0.05) is 22.0 Å². The van der Waals surface area contributed by atoms with Crippen LogP contribution in [0.2, 0.25) is 10.0 Å². The maximum absolute atomic E-state index is 12.1. The average Bonchev–Trinajstić information content (AvgIpc) is 2.88. The maximum Gasteiger partial charge on any atom is 0.287 e. The summed E-state index contributed by atoms with van der Waals surface area (Å²) in [6.45, 7) is 0.386. The number of nitrogens with one attached hydrogen (secondary N) is 1. The van der Waals surface area contributed by atoms with Crippen molar-refractivity contribution in [3.8, 4) is 0 Å². The second kappa shape index (κ2) is 5.80. The van der Waals surface area contributed by atoms with Gasteiger partial charge in [0.1, 0.15) is 5.58 Å².